The largest absolute Gasteiger partial charge is 0.444 e. The van der Waals surface area contributed by atoms with Crippen LogP contribution in [-0.4, -0.2) is 62.3 Å². The number of likely N-dealkylation sites (tertiary alicyclic amines) is 1. The summed E-state index contributed by atoms with van der Waals surface area (Å²) >= 11 is 0. The van der Waals surface area contributed by atoms with Crippen LogP contribution in [0.2, 0.25) is 0 Å². The van der Waals surface area contributed by atoms with Gasteiger partial charge in [0.1, 0.15) is 16.8 Å². The predicted molar refractivity (Wildman–Crippen MR) is 135 cm³/mol. The van der Waals surface area contributed by atoms with Crippen LogP contribution in [0.5, 0.6) is 0 Å². The van der Waals surface area contributed by atoms with Gasteiger partial charge in [-0.15, -0.1) is 0 Å². The maximum atomic E-state index is 15.2. The molecular formula is C27H25F2N7O4. The minimum absolute atomic E-state index is 0.000599. The number of aromatic nitrogens is 4. The summed E-state index contributed by atoms with van der Waals surface area (Å²) in [6.07, 6.45) is 0.518. The number of halogens is 2. The summed E-state index contributed by atoms with van der Waals surface area (Å²) in [7, 11) is 0. The van der Waals surface area contributed by atoms with Crippen molar-refractivity contribution in [2.75, 3.05) is 24.5 Å². The smallest absolute Gasteiger partial charge is 0.416 e. The van der Waals surface area contributed by atoms with Crippen molar-refractivity contribution in [2.45, 2.75) is 38.0 Å². The maximum absolute atomic E-state index is 15.2. The van der Waals surface area contributed by atoms with E-state index in [9.17, 15) is 19.2 Å². The summed E-state index contributed by atoms with van der Waals surface area (Å²) in [4.78, 5) is 32.2. The van der Waals surface area contributed by atoms with Crippen molar-refractivity contribution in [3.05, 3.63) is 60.2 Å². The molecule has 3 aliphatic rings. The molecule has 2 amide bonds. The van der Waals surface area contributed by atoms with Gasteiger partial charge in [0, 0.05) is 42.2 Å². The molecule has 2 aliphatic heterocycles. The predicted octanol–water partition coefficient (Wildman–Crippen LogP) is 4.03. The van der Waals surface area contributed by atoms with E-state index in [1.54, 1.807) is 23.1 Å². The molecule has 1 saturated carbocycles. The number of anilines is 1. The first-order valence-corrected chi connectivity index (χ1v) is 12.7. The normalized spacial score (nSPS) is 25.4. The Morgan fingerprint density at radius 3 is 2.50 bits per heavy atom. The number of cyclic esters (lactones) is 1. The highest BCUT2D eigenvalue weighted by atomic mass is 19.1. The Hall–Kier alpha value is -4.60. The number of benzene rings is 1. The summed E-state index contributed by atoms with van der Waals surface area (Å²) in [5.74, 6) is -1.48. The molecule has 3 aromatic rings. The van der Waals surface area contributed by atoms with Crippen molar-refractivity contribution in [3.8, 4) is 17.2 Å². The number of hydrogen-bond donors (Lipinski definition) is 0. The second kappa shape index (κ2) is 8.97. The van der Waals surface area contributed by atoms with Crippen LogP contribution in [-0.2, 0) is 14.9 Å². The van der Waals surface area contributed by atoms with Crippen LogP contribution in [0.3, 0.4) is 0 Å². The molecule has 2 saturated heterocycles. The number of pyridine rings is 1. The molecule has 40 heavy (non-hydrogen) atoms. The molecule has 3 fully saturated rings. The molecule has 4 heterocycles. The molecule has 1 aromatic carbocycles. The molecule has 6 rings (SSSR count). The van der Waals surface area contributed by atoms with Crippen LogP contribution in [0.1, 0.15) is 32.7 Å². The number of piperidine rings is 1. The van der Waals surface area contributed by atoms with E-state index < -0.39 is 41.2 Å². The van der Waals surface area contributed by atoms with E-state index in [0.29, 0.717) is 24.3 Å². The van der Waals surface area contributed by atoms with E-state index in [4.69, 9.17) is 9.47 Å². The van der Waals surface area contributed by atoms with Crippen molar-refractivity contribution < 1.29 is 27.8 Å². The fraction of sp³-hybridized carbons (Fsp3) is 0.407. The zero-order valence-electron chi connectivity index (χ0n) is 21.9. The minimum Gasteiger partial charge on any atom is -0.444 e. The van der Waals surface area contributed by atoms with Gasteiger partial charge in [-0.2, -0.15) is 9.65 Å². The highest BCUT2D eigenvalue weighted by Crippen LogP contribution is 2.62. The Kier molecular flexibility index (Phi) is 5.76. The number of rotatable bonds is 4. The molecule has 1 unspecified atom stereocenters. The number of carbonyl (C=O) groups is 2. The quantitative estimate of drug-likeness (QED) is 0.478. The van der Waals surface area contributed by atoms with E-state index in [1.807, 2.05) is 20.8 Å². The molecule has 0 radical (unpaired) electrons. The first-order valence-electron chi connectivity index (χ1n) is 12.7. The lowest BCUT2D eigenvalue weighted by Gasteiger charge is -2.27. The Morgan fingerprint density at radius 1 is 1.18 bits per heavy atom. The number of amides is 2. The zero-order valence-corrected chi connectivity index (χ0v) is 21.9. The Morgan fingerprint density at radius 2 is 1.93 bits per heavy atom. The Labute approximate surface area is 227 Å². The van der Waals surface area contributed by atoms with Crippen LogP contribution in [0.25, 0.3) is 11.1 Å². The first-order chi connectivity index (χ1) is 19.0. The van der Waals surface area contributed by atoms with Crippen LogP contribution in [0, 0.1) is 34.9 Å². The fourth-order valence-electron chi connectivity index (χ4n) is 5.61. The molecule has 11 nitrogen and oxygen atoms in total. The average Bonchev–Trinajstić information content (AvgIpc) is 3.36. The first kappa shape index (κ1) is 25.7. The van der Waals surface area contributed by atoms with Gasteiger partial charge in [-0.05, 0) is 45.0 Å². The fourth-order valence-corrected chi connectivity index (χ4v) is 5.61. The van der Waals surface area contributed by atoms with Gasteiger partial charge in [0.2, 0.25) is 6.23 Å². The molecule has 0 spiro atoms. The van der Waals surface area contributed by atoms with Crippen molar-refractivity contribution in [1.29, 1.82) is 5.26 Å². The molecule has 2 aromatic heterocycles. The summed E-state index contributed by atoms with van der Waals surface area (Å²) in [6.45, 7) is 6.26. The number of nitrogens with zero attached hydrogens (tertiary/aromatic N) is 7. The second-order valence-electron chi connectivity index (χ2n) is 11.1. The molecule has 0 N–H and O–H groups in total. The molecule has 0 bridgehead atoms. The molecule has 1 aliphatic carbocycles. The monoisotopic (exact) mass is 549 g/mol. The third kappa shape index (κ3) is 4.20. The molecular weight excluding hydrogens is 524 g/mol. The average molecular weight is 550 g/mol. The van der Waals surface area contributed by atoms with Gasteiger partial charge in [0.25, 0.3) is 5.95 Å². The van der Waals surface area contributed by atoms with E-state index >= 15 is 4.39 Å². The lowest BCUT2D eigenvalue weighted by Crippen LogP contribution is -2.39. The standard InChI is InChI=1S/C27H25F2N7O4/c1-26(2,3)40-24(37)34-10-18-19(11-34)27(18,14-30)21-7-4-15(9-31-21)17-6-5-16(8-20(17)28)35-13-23(39-25(35)38)36-12-22(29)32-33-36/h4-9,12,18-19,23H,10-11,13H2,1-3H3/t18-,19+,23?,27+. The number of nitriles is 1. The van der Waals surface area contributed by atoms with E-state index in [-0.39, 0.29) is 29.6 Å². The highest BCUT2D eigenvalue weighted by Gasteiger charge is 2.71. The van der Waals surface area contributed by atoms with Gasteiger partial charge in [0.05, 0.1) is 30.2 Å². The van der Waals surface area contributed by atoms with Crippen molar-refractivity contribution in [1.82, 2.24) is 24.9 Å². The summed E-state index contributed by atoms with van der Waals surface area (Å²) in [6, 6.07) is 10.2. The maximum Gasteiger partial charge on any atom is 0.416 e. The lowest BCUT2D eigenvalue weighted by atomic mass is 9.95. The highest BCUT2D eigenvalue weighted by molar-refractivity contribution is 5.90. The van der Waals surface area contributed by atoms with Crippen molar-refractivity contribution >= 4 is 17.9 Å². The van der Waals surface area contributed by atoms with Crippen LogP contribution in [0.15, 0.2) is 42.7 Å². The third-order valence-corrected chi connectivity index (χ3v) is 7.55. The number of hydrogen-bond acceptors (Lipinski definition) is 8. The number of ether oxygens (including phenoxy) is 2. The van der Waals surface area contributed by atoms with E-state index in [0.717, 1.165) is 10.9 Å². The zero-order chi connectivity index (χ0) is 28.4. The summed E-state index contributed by atoms with van der Waals surface area (Å²) < 4.78 is 40.1. The van der Waals surface area contributed by atoms with Gasteiger partial charge >= 0.3 is 12.2 Å². The summed E-state index contributed by atoms with van der Waals surface area (Å²) in [5, 5.41) is 16.9. The van der Waals surface area contributed by atoms with Gasteiger partial charge in [-0.1, -0.05) is 16.4 Å². The molecule has 4 atom stereocenters. The van der Waals surface area contributed by atoms with Crippen LogP contribution >= 0.6 is 0 Å². The Balaban J connectivity index is 1.15. The Bertz CT molecular complexity index is 1530. The second-order valence-corrected chi connectivity index (χ2v) is 11.1. The topological polar surface area (TPSA) is 126 Å². The SMILES string of the molecule is CC(C)(C)OC(=O)N1C[C@@H]2[C@H](C1)[C@@]2(C#N)c1ccc(-c2ccc(N3CC(n4cc(F)nn4)OC3=O)cc2F)cn1. The van der Waals surface area contributed by atoms with Crippen molar-refractivity contribution in [2.24, 2.45) is 11.8 Å². The van der Waals surface area contributed by atoms with Gasteiger partial charge in [-0.3, -0.25) is 9.88 Å². The van der Waals surface area contributed by atoms with Gasteiger partial charge < -0.3 is 14.4 Å². The third-order valence-electron chi connectivity index (χ3n) is 7.55. The minimum atomic E-state index is -0.894. The van der Waals surface area contributed by atoms with Crippen molar-refractivity contribution in [3.63, 3.8) is 0 Å². The van der Waals surface area contributed by atoms with E-state index in [2.05, 4.69) is 21.4 Å². The summed E-state index contributed by atoms with van der Waals surface area (Å²) in [5.41, 5.74) is 0.233. The van der Waals surface area contributed by atoms with Crippen LogP contribution < -0.4 is 4.90 Å². The molecule has 206 valence electrons. The van der Waals surface area contributed by atoms with E-state index in [1.165, 1.54) is 23.2 Å². The van der Waals surface area contributed by atoms with Gasteiger partial charge in [-0.25, -0.2) is 18.7 Å². The van der Waals surface area contributed by atoms with Gasteiger partial charge in [0.15, 0.2) is 0 Å². The molecule has 13 heteroatoms. The lowest BCUT2D eigenvalue weighted by molar-refractivity contribution is 0.0265. The van der Waals surface area contributed by atoms with Crippen LogP contribution in [0.4, 0.5) is 24.1 Å². The number of fused-ring (bicyclic) bond motifs is 1. The number of carbonyl (C=O) groups excluding carboxylic acids is 2.